The number of nitrogens with zero attached hydrogens (tertiary/aromatic N) is 5. The smallest absolute Gasteiger partial charge is 0.250 e. The highest BCUT2D eigenvalue weighted by Gasteiger charge is 2.37. The Labute approximate surface area is 157 Å². The van der Waals surface area contributed by atoms with Gasteiger partial charge in [-0.1, -0.05) is 41.5 Å². The van der Waals surface area contributed by atoms with E-state index < -0.39 is 5.41 Å². The van der Waals surface area contributed by atoms with Gasteiger partial charge in [-0.15, -0.1) is 0 Å². The number of tetrazole rings is 1. The third-order valence-corrected chi connectivity index (χ3v) is 5.26. The molecule has 4 rings (SSSR count). The first-order chi connectivity index (χ1) is 13.2. The quantitative estimate of drug-likeness (QED) is 0.751. The van der Waals surface area contributed by atoms with Crippen LogP contribution in [0.5, 0.6) is 0 Å². The maximum atomic E-state index is 14.2. The number of piperidine rings is 1. The van der Waals surface area contributed by atoms with Gasteiger partial charge in [-0.25, -0.2) is 4.39 Å². The van der Waals surface area contributed by atoms with Crippen molar-refractivity contribution in [3.63, 3.8) is 0 Å². The number of benzene rings is 2. The molecule has 1 fully saturated rings. The lowest BCUT2D eigenvalue weighted by Crippen LogP contribution is -2.47. The third-order valence-electron chi connectivity index (χ3n) is 5.26. The molecule has 1 saturated heterocycles. The van der Waals surface area contributed by atoms with Crippen LogP contribution in [0.25, 0.3) is 5.69 Å². The molecule has 1 atom stereocenters. The Balaban J connectivity index is 1.61. The van der Waals surface area contributed by atoms with E-state index in [0.29, 0.717) is 24.5 Å². The first-order valence-corrected chi connectivity index (χ1v) is 9.14. The number of anilines is 1. The molecule has 0 saturated carbocycles. The normalized spacial score (nSPS) is 20.0. The first kappa shape index (κ1) is 17.6. The summed E-state index contributed by atoms with van der Waals surface area (Å²) in [5.74, 6) is 0.420. The van der Waals surface area contributed by atoms with Crippen LogP contribution in [-0.4, -0.2) is 45.0 Å². The second-order valence-corrected chi connectivity index (χ2v) is 7.18. The largest absolute Gasteiger partial charge is 0.396 e. The first-order valence-electron chi connectivity index (χ1n) is 9.14. The number of halogens is 1. The number of aliphatic hydroxyl groups excluding tert-OH is 1. The minimum atomic E-state index is -0.423. The monoisotopic (exact) mass is 367 g/mol. The summed E-state index contributed by atoms with van der Waals surface area (Å²) in [7, 11) is 0. The van der Waals surface area contributed by atoms with Gasteiger partial charge in [0.2, 0.25) is 5.95 Å². The zero-order chi connectivity index (χ0) is 18.7. The number of hydrogen-bond acceptors (Lipinski definition) is 5. The zero-order valence-electron chi connectivity index (χ0n) is 15.0. The van der Waals surface area contributed by atoms with Gasteiger partial charge in [0.1, 0.15) is 5.82 Å². The molecule has 6 nitrogen and oxygen atoms in total. The minimum absolute atomic E-state index is 0.00919. The van der Waals surface area contributed by atoms with Crippen molar-refractivity contribution >= 4 is 5.95 Å². The van der Waals surface area contributed by atoms with Gasteiger partial charge in [0.15, 0.2) is 0 Å². The van der Waals surface area contributed by atoms with Crippen LogP contribution in [0.4, 0.5) is 10.3 Å². The van der Waals surface area contributed by atoms with Crippen LogP contribution >= 0.6 is 0 Å². The highest BCUT2D eigenvalue weighted by molar-refractivity contribution is 5.41. The Bertz CT molecular complexity index is 900. The van der Waals surface area contributed by atoms with E-state index in [4.69, 9.17) is 0 Å². The third kappa shape index (κ3) is 3.55. The molecule has 1 aliphatic heterocycles. The van der Waals surface area contributed by atoms with Crippen molar-refractivity contribution in [3.05, 3.63) is 66.0 Å². The standard InChI is InChI=1S/C20H22FN5O/c21-18-10-5-4-7-16(18)13-20(15-27)11-6-12-25(14-20)19-22-23-24-26(19)17-8-2-1-3-9-17/h1-5,7-10,27H,6,11-15H2/t20-/m1/s1. The van der Waals surface area contributed by atoms with Crippen LogP contribution in [0.15, 0.2) is 54.6 Å². The van der Waals surface area contributed by atoms with Gasteiger partial charge >= 0.3 is 0 Å². The van der Waals surface area contributed by atoms with E-state index in [-0.39, 0.29) is 12.4 Å². The molecular formula is C20H22FN5O. The van der Waals surface area contributed by atoms with Gasteiger partial charge in [0, 0.05) is 18.5 Å². The van der Waals surface area contributed by atoms with Crippen molar-refractivity contribution in [2.75, 3.05) is 24.6 Å². The second-order valence-electron chi connectivity index (χ2n) is 7.18. The van der Waals surface area contributed by atoms with Crippen molar-refractivity contribution < 1.29 is 9.50 Å². The Morgan fingerprint density at radius 2 is 1.85 bits per heavy atom. The lowest BCUT2D eigenvalue weighted by atomic mass is 9.75. The van der Waals surface area contributed by atoms with Gasteiger partial charge in [-0.05, 0) is 53.5 Å². The van der Waals surface area contributed by atoms with Gasteiger partial charge in [-0.3, -0.25) is 0 Å². The highest BCUT2D eigenvalue weighted by atomic mass is 19.1. The molecule has 1 N–H and O–H groups in total. The Morgan fingerprint density at radius 1 is 1.07 bits per heavy atom. The summed E-state index contributed by atoms with van der Waals surface area (Å²) in [6.45, 7) is 1.36. The molecule has 1 aromatic heterocycles. The lowest BCUT2D eigenvalue weighted by Gasteiger charge is -2.42. The van der Waals surface area contributed by atoms with Gasteiger partial charge in [0.25, 0.3) is 0 Å². The highest BCUT2D eigenvalue weighted by Crippen LogP contribution is 2.35. The molecule has 1 aliphatic rings. The molecule has 3 aromatic rings. The maximum Gasteiger partial charge on any atom is 0.250 e. The van der Waals surface area contributed by atoms with E-state index >= 15 is 0 Å². The van der Waals surface area contributed by atoms with E-state index in [1.807, 2.05) is 36.4 Å². The average Bonchev–Trinajstić information content (AvgIpc) is 3.21. The summed E-state index contributed by atoms with van der Waals surface area (Å²) in [6.07, 6.45) is 2.21. The molecule has 0 radical (unpaired) electrons. The van der Waals surface area contributed by atoms with Crippen LogP contribution in [0.2, 0.25) is 0 Å². The summed E-state index contributed by atoms with van der Waals surface area (Å²) >= 11 is 0. The van der Waals surface area contributed by atoms with Crippen LogP contribution in [0.1, 0.15) is 18.4 Å². The maximum absolute atomic E-state index is 14.2. The molecule has 0 aliphatic carbocycles. The second kappa shape index (κ2) is 7.44. The van der Waals surface area contributed by atoms with E-state index in [1.54, 1.807) is 16.8 Å². The summed E-state index contributed by atoms with van der Waals surface area (Å²) in [6, 6.07) is 16.5. The summed E-state index contributed by atoms with van der Waals surface area (Å²) in [4.78, 5) is 2.09. The van der Waals surface area contributed by atoms with Crippen molar-refractivity contribution in [2.45, 2.75) is 19.3 Å². The summed E-state index contributed by atoms with van der Waals surface area (Å²) < 4.78 is 15.9. The Kier molecular flexibility index (Phi) is 4.85. The lowest BCUT2D eigenvalue weighted by molar-refractivity contribution is 0.104. The molecule has 2 heterocycles. The molecule has 0 bridgehead atoms. The molecule has 0 amide bonds. The number of aromatic nitrogens is 4. The zero-order valence-corrected chi connectivity index (χ0v) is 15.0. The molecule has 140 valence electrons. The molecule has 7 heteroatoms. The van der Waals surface area contributed by atoms with Crippen LogP contribution < -0.4 is 4.90 Å². The van der Waals surface area contributed by atoms with Gasteiger partial charge < -0.3 is 10.0 Å². The number of aliphatic hydroxyl groups is 1. The molecule has 0 spiro atoms. The fraction of sp³-hybridized carbons (Fsp3) is 0.350. The SMILES string of the molecule is OC[C@@]1(Cc2ccccc2F)CCCN(c2nnnn2-c2ccccc2)C1. The average molecular weight is 367 g/mol. The fourth-order valence-corrected chi connectivity index (χ4v) is 3.87. The number of rotatable bonds is 5. The Hall–Kier alpha value is -2.80. The predicted molar refractivity (Wildman–Crippen MR) is 100 cm³/mol. The van der Waals surface area contributed by atoms with Crippen LogP contribution in [0.3, 0.4) is 0 Å². The van der Waals surface area contributed by atoms with Gasteiger partial charge in [0.05, 0.1) is 12.3 Å². The predicted octanol–water partition coefficient (Wildman–Crippen LogP) is 2.62. The number of hydrogen-bond donors (Lipinski definition) is 1. The molecular weight excluding hydrogens is 345 g/mol. The molecule has 2 aromatic carbocycles. The van der Waals surface area contributed by atoms with E-state index in [1.165, 1.54) is 6.07 Å². The number of para-hydroxylation sites is 1. The van der Waals surface area contributed by atoms with Crippen molar-refractivity contribution in [3.8, 4) is 5.69 Å². The summed E-state index contributed by atoms with van der Waals surface area (Å²) in [5.41, 5.74) is 1.09. The topological polar surface area (TPSA) is 67.1 Å². The van der Waals surface area contributed by atoms with Crippen molar-refractivity contribution in [2.24, 2.45) is 5.41 Å². The fourth-order valence-electron chi connectivity index (χ4n) is 3.87. The minimum Gasteiger partial charge on any atom is -0.396 e. The molecule has 0 unspecified atom stereocenters. The van der Waals surface area contributed by atoms with Crippen LogP contribution in [-0.2, 0) is 6.42 Å². The Morgan fingerprint density at radius 3 is 2.63 bits per heavy atom. The van der Waals surface area contributed by atoms with E-state index in [2.05, 4.69) is 20.4 Å². The van der Waals surface area contributed by atoms with E-state index in [0.717, 1.165) is 25.1 Å². The molecule has 27 heavy (non-hydrogen) atoms. The summed E-state index contributed by atoms with van der Waals surface area (Å²) in [5, 5.41) is 22.4. The van der Waals surface area contributed by atoms with E-state index in [9.17, 15) is 9.50 Å². The van der Waals surface area contributed by atoms with Crippen LogP contribution in [0, 0.1) is 11.2 Å². The van der Waals surface area contributed by atoms with Gasteiger partial charge in [-0.2, -0.15) is 4.68 Å². The van der Waals surface area contributed by atoms with Crippen molar-refractivity contribution in [1.82, 2.24) is 20.2 Å². The van der Waals surface area contributed by atoms with Crippen molar-refractivity contribution in [1.29, 1.82) is 0 Å².